The van der Waals surface area contributed by atoms with E-state index in [4.69, 9.17) is 46.4 Å². The van der Waals surface area contributed by atoms with Crippen molar-refractivity contribution in [3.8, 4) is 0 Å². The van der Waals surface area contributed by atoms with Crippen LogP contribution in [0.2, 0.25) is 0 Å². The molecule has 0 rings (SSSR count). The fourth-order valence-electron chi connectivity index (χ4n) is 0.513. The first-order chi connectivity index (χ1) is 8.40. The maximum absolute atomic E-state index is 10.3. The molecule has 0 amide bonds. The van der Waals surface area contributed by atoms with Crippen LogP contribution in [0.1, 0.15) is 0 Å². The Labute approximate surface area is 141 Å². The first kappa shape index (κ1) is 24.1. The third kappa shape index (κ3) is 18.1. The van der Waals surface area contributed by atoms with Crippen molar-refractivity contribution < 1.29 is 36.2 Å². The molecule has 0 heterocycles. The summed E-state index contributed by atoms with van der Waals surface area (Å²) in [6.45, 7) is 0. The molecule has 0 aromatic heterocycles. The fourth-order valence-corrected chi connectivity index (χ4v) is 0.822. The van der Waals surface area contributed by atoms with Gasteiger partial charge in [-0.15, -0.1) is 46.4 Å². The van der Waals surface area contributed by atoms with Crippen molar-refractivity contribution in [1.82, 2.24) is 0 Å². The van der Waals surface area contributed by atoms with Crippen LogP contribution in [0.3, 0.4) is 0 Å². The third-order valence-electron chi connectivity index (χ3n) is 1.17. The van der Waals surface area contributed by atoms with E-state index in [2.05, 4.69) is 0 Å². The Morgan fingerprint density at radius 1 is 0.579 bits per heavy atom. The normalized spacial score (nSPS) is 8.21. The molecule has 0 aliphatic rings. The first-order valence-electron chi connectivity index (χ1n) is 4.45. The first-order valence-corrected chi connectivity index (χ1v) is 6.59. The van der Waals surface area contributed by atoms with Gasteiger partial charge in [0.05, 0.1) is 23.5 Å². The number of hydrogen-bond acceptors (Lipinski definition) is 4. The van der Waals surface area contributed by atoms with Crippen molar-refractivity contribution in [3.05, 3.63) is 12.8 Å². The van der Waals surface area contributed by atoms with E-state index >= 15 is 0 Å². The molecule has 19 heavy (non-hydrogen) atoms. The molecule has 113 valence electrons. The molecule has 0 aliphatic carbocycles. The average Bonchev–Trinajstić information content (AvgIpc) is 2.38. The zero-order chi connectivity index (χ0) is 14.6. The van der Waals surface area contributed by atoms with Crippen LogP contribution in [0.15, 0.2) is 0 Å². The molecular formula is C10H10Cl4CuO4. The number of hydrogen-bond donors (Lipinski definition) is 0. The maximum atomic E-state index is 10.3. The zero-order valence-electron chi connectivity index (χ0n) is 9.43. The summed E-state index contributed by atoms with van der Waals surface area (Å²) in [6.07, 6.45) is 1.81. The molecular weight excluding hydrogens is 389 g/mol. The summed E-state index contributed by atoms with van der Waals surface area (Å²) < 4.78 is 0. The maximum Gasteiger partial charge on any atom is 2.00 e. The standard InChI is InChI=1S/2C5H5Cl2O2.Cu/c2*6-2-4(8)1-5(9)3-7;/h2*1H,2-3H2;/q2*-1;+2. The van der Waals surface area contributed by atoms with E-state index in [-0.39, 0.29) is 40.6 Å². The largest absolute Gasteiger partial charge is 2.00 e. The second-order valence-electron chi connectivity index (χ2n) is 2.69. The number of alkyl halides is 4. The van der Waals surface area contributed by atoms with E-state index in [0.29, 0.717) is 0 Å². The van der Waals surface area contributed by atoms with Gasteiger partial charge < -0.3 is 19.2 Å². The number of rotatable bonds is 8. The number of carbonyl (C=O) groups excluding carboxylic acids is 4. The van der Waals surface area contributed by atoms with E-state index in [1.807, 2.05) is 0 Å². The summed E-state index contributed by atoms with van der Waals surface area (Å²) in [6, 6.07) is 0. The van der Waals surface area contributed by atoms with Gasteiger partial charge in [0.2, 0.25) is 0 Å². The van der Waals surface area contributed by atoms with Crippen LogP contribution in [-0.4, -0.2) is 46.7 Å². The van der Waals surface area contributed by atoms with Crippen LogP contribution in [0.25, 0.3) is 0 Å². The van der Waals surface area contributed by atoms with E-state index in [0.717, 1.165) is 12.8 Å². The van der Waals surface area contributed by atoms with Crippen molar-refractivity contribution >= 4 is 69.5 Å². The Balaban J connectivity index is -0.000000256. The van der Waals surface area contributed by atoms with Gasteiger partial charge in [0.15, 0.2) is 0 Å². The number of halogens is 4. The molecule has 0 fully saturated rings. The monoisotopic (exact) mass is 397 g/mol. The van der Waals surface area contributed by atoms with Gasteiger partial charge in [0.25, 0.3) is 0 Å². The van der Waals surface area contributed by atoms with E-state index in [1.54, 1.807) is 0 Å². The second-order valence-corrected chi connectivity index (χ2v) is 3.76. The predicted molar refractivity (Wildman–Crippen MR) is 71.5 cm³/mol. The summed E-state index contributed by atoms with van der Waals surface area (Å²) >= 11 is 20.3. The zero-order valence-corrected chi connectivity index (χ0v) is 13.4. The summed E-state index contributed by atoms with van der Waals surface area (Å²) in [5, 5.41) is 0. The number of ketones is 4. The van der Waals surface area contributed by atoms with Crippen LogP contribution < -0.4 is 0 Å². The third-order valence-corrected chi connectivity index (χ3v) is 2.22. The van der Waals surface area contributed by atoms with Crippen LogP contribution >= 0.6 is 46.4 Å². The smallest absolute Gasteiger partial charge is 0.333 e. The van der Waals surface area contributed by atoms with Crippen molar-refractivity contribution in [2.24, 2.45) is 0 Å². The van der Waals surface area contributed by atoms with Crippen LogP contribution in [0.4, 0.5) is 0 Å². The molecule has 9 heteroatoms. The minimum absolute atomic E-state index is 0. The Bertz CT molecular complexity index is 252. The summed E-state index contributed by atoms with van der Waals surface area (Å²) in [5.41, 5.74) is 0. The molecule has 0 bridgehead atoms. The summed E-state index contributed by atoms with van der Waals surface area (Å²) in [5.74, 6) is -2.26. The van der Waals surface area contributed by atoms with Gasteiger partial charge in [0, 0.05) is 23.1 Å². The van der Waals surface area contributed by atoms with Gasteiger partial charge >= 0.3 is 17.1 Å². The molecule has 0 aromatic rings. The Morgan fingerprint density at radius 2 is 0.737 bits per heavy atom. The SMILES string of the molecule is O=C([CH-]C(=O)CCl)CCl.O=C([CH-]C(=O)CCl)CCl.[Cu+2]. The van der Waals surface area contributed by atoms with Crippen molar-refractivity contribution in [2.75, 3.05) is 23.5 Å². The van der Waals surface area contributed by atoms with E-state index in [9.17, 15) is 19.2 Å². The van der Waals surface area contributed by atoms with Gasteiger partial charge in [-0.3, -0.25) is 12.8 Å². The Kier molecular flexibility index (Phi) is 20.5. The summed E-state index contributed by atoms with van der Waals surface area (Å²) in [7, 11) is 0. The molecule has 0 aromatic carbocycles. The Morgan fingerprint density at radius 3 is 0.842 bits per heavy atom. The van der Waals surface area contributed by atoms with Crippen LogP contribution in [-0.2, 0) is 36.2 Å². The molecule has 0 spiro atoms. The van der Waals surface area contributed by atoms with Crippen molar-refractivity contribution in [2.45, 2.75) is 0 Å². The summed E-state index contributed by atoms with van der Waals surface area (Å²) in [4.78, 5) is 41.3. The Hall–Kier alpha value is 0.0995. The number of Topliss-reactive ketones (excluding diaryl/α,β-unsaturated/α-hetero) is 4. The van der Waals surface area contributed by atoms with Crippen molar-refractivity contribution in [1.29, 1.82) is 0 Å². The molecule has 4 nitrogen and oxygen atoms in total. The van der Waals surface area contributed by atoms with Crippen LogP contribution in [0.5, 0.6) is 0 Å². The minimum Gasteiger partial charge on any atom is -0.333 e. The van der Waals surface area contributed by atoms with Gasteiger partial charge in [-0.2, -0.15) is 0 Å². The van der Waals surface area contributed by atoms with E-state index < -0.39 is 23.1 Å². The molecule has 0 unspecified atom stereocenters. The van der Waals surface area contributed by atoms with Gasteiger partial charge in [-0.1, -0.05) is 0 Å². The molecule has 0 atom stereocenters. The molecule has 0 saturated heterocycles. The fraction of sp³-hybridized carbons (Fsp3) is 0.400. The molecule has 0 aliphatic heterocycles. The van der Waals surface area contributed by atoms with Crippen LogP contribution in [0, 0.1) is 12.8 Å². The van der Waals surface area contributed by atoms with Gasteiger partial charge in [-0.05, 0) is 0 Å². The molecule has 0 N–H and O–H groups in total. The molecule has 0 saturated carbocycles. The number of carbonyl (C=O) groups is 4. The predicted octanol–water partition coefficient (Wildman–Crippen LogP) is 1.61. The van der Waals surface area contributed by atoms with E-state index in [1.165, 1.54) is 0 Å². The quantitative estimate of drug-likeness (QED) is 0.269. The minimum atomic E-state index is -0.401. The van der Waals surface area contributed by atoms with Gasteiger partial charge in [0.1, 0.15) is 0 Å². The average molecular weight is 400 g/mol. The second kappa shape index (κ2) is 16.2. The topological polar surface area (TPSA) is 68.3 Å². The van der Waals surface area contributed by atoms with Crippen molar-refractivity contribution in [3.63, 3.8) is 0 Å². The van der Waals surface area contributed by atoms with Gasteiger partial charge in [-0.25, -0.2) is 0 Å². The molecule has 1 radical (unpaired) electrons.